The predicted molar refractivity (Wildman–Crippen MR) is 229 cm³/mol. The third-order valence-corrected chi connectivity index (χ3v) is 11.4. The monoisotopic (exact) mass is 805 g/mol. The van der Waals surface area contributed by atoms with Crippen molar-refractivity contribution in [3.05, 3.63) is 0 Å². The number of phosphoric ester groups is 1. The zero-order valence-electron chi connectivity index (χ0n) is 36.9. The molecule has 1 N–H and O–H groups in total. The van der Waals surface area contributed by atoms with Crippen LogP contribution in [0, 0.1) is 0 Å². The summed E-state index contributed by atoms with van der Waals surface area (Å²) >= 11 is 0. The second kappa shape index (κ2) is 38.5. The SMILES string of the molecule is CCCCCCCCCCCCCCCCCCCCCC(=O)O[C@H](COC(=O)CCCCCCCCCCCCCC)COP(=O)(O)OCC[N+](C)(C)C. The molecule has 0 rings (SSSR count). The summed E-state index contributed by atoms with van der Waals surface area (Å²) in [4.78, 5) is 35.4. The minimum absolute atomic E-state index is 0.0369. The van der Waals surface area contributed by atoms with E-state index in [2.05, 4.69) is 13.8 Å². The summed E-state index contributed by atoms with van der Waals surface area (Å²) in [6.07, 6.45) is 38.6. The molecule has 9 nitrogen and oxygen atoms in total. The van der Waals surface area contributed by atoms with Crippen LogP contribution in [-0.2, 0) is 32.7 Å². The van der Waals surface area contributed by atoms with E-state index in [1.54, 1.807) is 0 Å². The fourth-order valence-corrected chi connectivity index (χ4v) is 7.46. The Morgan fingerprint density at radius 3 is 1.16 bits per heavy atom. The van der Waals surface area contributed by atoms with E-state index < -0.39 is 26.5 Å². The van der Waals surface area contributed by atoms with Crippen molar-refractivity contribution in [2.45, 2.75) is 232 Å². The standard InChI is InChI=1S/C45H90NO8P/c1-6-8-10-12-14-16-18-20-21-22-23-24-25-26-28-30-32-34-36-38-45(48)54-43(42-53-55(49,50)52-40-39-46(3,4)5)41-51-44(47)37-35-33-31-29-27-19-17-15-13-11-9-7-2/h43H,6-42H2,1-5H3/p+1/t43-/m1/s1. The van der Waals surface area contributed by atoms with Crippen LogP contribution in [-0.4, -0.2) is 74.9 Å². The fraction of sp³-hybridized carbons (Fsp3) is 0.956. The molecule has 0 saturated carbocycles. The van der Waals surface area contributed by atoms with Gasteiger partial charge in [-0.2, -0.15) is 0 Å². The molecule has 0 heterocycles. The predicted octanol–water partition coefficient (Wildman–Crippen LogP) is 13.2. The van der Waals surface area contributed by atoms with Gasteiger partial charge in [-0.05, 0) is 12.8 Å². The molecule has 55 heavy (non-hydrogen) atoms. The van der Waals surface area contributed by atoms with E-state index in [1.165, 1.54) is 161 Å². The Hall–Kier alpha value is -0.990. The van der Waals surface area contributed by atoms with Crippen LogP contribution in [0.4, 0.5) is 0 Å². The maximum atomic E-state index is 12.7. The number of unbranched alkanes of at least 4 members (excludes halogenated alkanes) is 29. The maximum absolute atomic E-state index is 12.7. The van der Waals surface area contributed by atoms with Gasteiger partial charge < -0.3 is 18.9 Å². The van der Waals surface area contributed by atoms with E-state index in [-0.39, 0.29) is 25.6 Å². The highest BCUT2D eigenvalue weighted by Gasteiger charge is 2.27. The third-order valence-electron chi connectivity index (χ3n) is 10.4. The van der Waals surface area contributed by atoms with Crippen LogP contribution >= 0.6 is 7.82 Å². The molecule has 0 aromatic rings. The summed E-state index contributed by atoms with van der Waals surface area (Å²) in [5.74, 6) is -0.783. The molecule has 0 aliphatic carbocycles. The van der Waals surface area contributed by atoms with Gasteiger partial charge in [-0.25, -0.2) is 4.57 Å². The third kappa shape index (κ3) is 42.4. The van der Waals surface area contributed by atoms with Crippen LogP contribution in [0.15, 0.2) is 0 Å². The van der Waals surface area contributed by atoms with E-state index in [4.69, 9.17) is 18.5 Å². The first-order chi connectivity index (χ1) is 26.5. The number of nitrogens with zero attached hydrogens (tertiary/aromatic N) is 1. The molecule has 0 aromatic carbocycles. The zero-order chi connectivity index (χ0) is 40.7. The fourth-order valence-electron chi connectivity index (χ4n) is 6.72. The second-order valence-corrected chi connectivity index (χ2v) is 18.6. The van der Waals surface area contributed by atoms with Crippen LogP contribution in [0.25, 0.3) is 0 Å². The number of hydrogen-bond acceptors (Lipinski definition) is 7. The Morgan fingerprint density at radius 2 is 0.818 bits per heavy atom. The summed E-state index contributed by atoms with van der Waals surface area (Å²) in [5, 5.41) is 0. The number of carbonyl (C=O) groups excluding carboxylic acids is 2. The molecule has 0 fully saturated rings. The molecule has 2 atom stereocenters. The quantitative estimate of drug-likeness (QED) is 0.0281. The average molecular weight is 805 g/mol. The van der Waals surface area contributed by atoms with Crippen molar-refractivity contribution in [3.8, 4) is 0 Å². The Morgan fingerprint density at radius 1 is 0.491 bits per heavy atom. The van der Waals surface area contributed by atoms with E-state index in [0.29, 0.717) is 17.4 Å². The molecule has 328 valence electrons. The van der Waals surface area contributed by atoms with Gasteiger partial charge in [-0.15, -0.1) is 0 Å². The van der Waals surface area contributed by atoms with Gasteiger partial charge in [0.2, 0.25) is 0 Å². The number of ether oxygens (including phenoxy) is 2. The van der Waals surface area contributed by atoms with Crippen LogP contribution in [0.5, 0.6) is 0 Å². The van der Waals surface area contributed by atoms with Crippen LogP contribution in [0.3, 0.4) is 0 Å². The van der Waals surface area contributed by atoms with Crippen LogP contribution in [0.2, 0.25) is 0 Å². The molecule has 1 unspecified atom stereocenters. The van der Waals surface area contributed by atoms with E-state index in [0.717, 1.165) is 38.5 Å². The van der Waals surface area contributed by atoms with Gasteiger partial charge in [-0.1, -0.05) is 200 Å². The first kappa shape index (κ1) is 54.0. The van der Waals surface area contributed by atoms with Crippen LogP contribution < -0.4 is 0 Å². The molecule has 10 heteroatoms. The first-order valence-electron chi connectivity index (χ1n) is 23.3. The number of quaternary nitrogens is 1. The molecular formula is C45H91NO8P+. The molecule has 0 aliphatic heterocycles. The van der Waals surface area contributed by atoms with Gasteiger partial charge in [0, 0.05) is 12.8 Å². The average Bonchev–Trinajstić information content (AvgIpc) is 3.13. The van der Waals surface area contributed by atoms with Crippen molar-refractivity contribution in [2.24, 2.45) is 0 Å². The van der Waals surface area contributed by atoms with E-state index >= 15 is 0 Å². The Kier molecular flexibility index (Phi) is 37.8. The number of rotatable bonds is 43. The van der Waals surface area contributed by atoms with E-state index in [1.807, 2.05) is 21.1 Å². The number of phosphoric acid groups is 1. The van der Waals surface area contributed by atoms with Crippen molar-refractivity contribution in [2.75, 3.05) is 47.5 Å². The highest BCUT2D eigenvalue weighted by Crippen LogP contribution is 2.43. The molecule has 0 bridgehead atoms. The van der Waals surface area contributed by atoms with Crippen molar-refractivity contribution in [1.82, 2.24) is 0 Å². The minimum Gasteiger partial charge on any atom is -0.462 e. The lowest BCUT2D eigenvalue weighted by Gasteiger charge is -2.24. The second-order valence-electron chi connectivity index (χ2n) is 17.2. The molecule has 0 amide bonds. The molecular weight excluding hydrogens is 713 g/mol. The number of hydrogen-bond donors (Lipinski definition) is 1. The Bertz CT molecular complexity index is 912. The lowest BCUT2D eigenvalue weighted by molar-refractivity contribution is -0.870. The highest BCUT2D eigenvalue weighted by atomic mass is 31.2. The summed E-state index contributed by atoms with van der Waals surface area (Å²) < 4.78 is 34.3. The lowest BCUT2D eigenvalue weighted by Crippen LogP contribution is -2.37. The van der Waals surface area contributed by atoms with Crippen molar-refractivity contribution >= 4 is 19.8 Å². The van der Waals surface area contributed by atoms with Gasteiger partial charge in [-0.3, -0.25) is 18.6 Å². The van der Waals surface area contributed by atoms with Gasteiger partial charge >= 0.3 is 19.8 Å². The van der Waals surface area contributed by atoms with Gasteiger partial charge in [0.25, 0.3) is 0 Å². The Balaban J connectivity index is 4.24. The summed E-state index contributed by atoms with van der Waals surface area (Å²) in [5.41, 5.74) is 0. The van der Waals surface area contributed by atoms with Crippen LogP contribution in [0.1, 0.15) is 226 Å². The molecule has 0 saturated heterocycles. The van der Waals surface area contributed by atoms with E-state index in [9.17, 15) is 19.0 Å². The number of esters is 2. The topological polar surface area (TPSA) is 108 Å². The van der Waals surface area contributed by atoms with Crippen molar-refractivity contribution in [3.63, 3.8) is 0 Å². The summed E-state index contributed by atoms with van der Waals surface area (Å²) in [6.45, 7) is 4.46. The largest absolute Gasteiger partial charge is 0.472 e. The highest BCUT2D eigenvalue weighted by molar-refractivity contribution is 7.47. The van der Waals surface area contributed by atoms with Gasteiger partial charge in [0.15, 0.2) is 6.10 Å². The molecule has 0 aromatic heterocycles. The zero-order valence-corrected chi connectivity index (χ0v) is 37.8. The van der Waals surface area contributed by atoms with Crippen molar-refractivity contribution < 1.29 is 42.1 Å². The van der Waals surface area contributed by atoms with Gasteiger partial charge in [0.05, 0.1) is 27.7 Å². The molecule has 0 radical (unpaired) electrons. The Labute approximate surface area is 340 Å². The normalized spacial score (nSPS) is 13.5. The summed E-state index contributed by atoms with van der Waals surface area (Å²) in [6, 6.07) is 0. The number of likely N-dealkylation sites (N-methyl/N-ethyl adjacent to an activating group) is 1. The lowest BCUT2D eigenvalue weighted by atomic mass is 10.0. The minimum atomic E-state index is -4.37. The molecule has 0 aliphatic rings. The van der Waals surface area contributed by atoms with Crippen molar-refractivity contribution in [1.29, 1.82) is 0 Å². The molecule has 0 spiro atoms. The maximum Gasteiger partial charge on any atom is 0.472 e. The number of carbonyl (C=O) groups is 2. The summed E-state index contributed by atoms with van der Waals surface area (Å²) in [7, 11) is 1.49. The first-order valence-corrected chi connectivity index (χ1v) is 24.8. The smallest absolute Gasteiger partial charge is 0.462 e. The van der Waals surface area contributed by atoms with Gasteiger partial charge in [0.1, 0.15) is 19.8 Å².